The highest BCUT2D eigenvalue weighted by molar-refractivity contribution is 6.23. The van der Waals surface area contributed by atoms with Crippen LogP contribution in [0.3, 0.4) is 0 Å². The lowest BCUT2D eigenvalue weighted by molar-refractivity contribution is 0.298. The van der Waals surface area contributed by atoms with E-state index in [1.807, 2.05) is 12.4 Å². The summed E-state index contributed by atoms with van der Waals surface area (Å²) in [5.41, 5.74) is 7.45. The number of ether oxygens (including phenoxy) is 1. The molecule has 0 aliphatic carbocycles. The zero-order chi connectivity index (χ0) is 24.6. The summed E-state index contributed by atoms with van der Waals surface area (Å²) in [5, 5.41) is 4.59. The molecule has 0 amide bonds. The van der Waals surface area contributed by atoms with Gasteiger partial charge in [-0.25, -0.2) is 9.97 Å². The summed E-state index contributed by atoms with van der Waals surface area (Å²) in [6, 6.07) is 15.2. The van der Waals surface area contributed by atoms with E-state index in [1.54, 1.807) is 0 Å². The van der Waals surface area contributed by atoms with Crippen LogP contribution in [0.4, 0.5) is 0 Å². The van der Waals surface area contributed by atoms with Gasteiger partial charge in [0.1, 0.15) is 29.7 Å². The number of hydrogen-bond acceptors (Lipinski definition) is 4. The maximum atomic E-state index is 6.14. The second kappa shape index (κ2) is 7.65. The Morgan fingerprint density at radius 3 is 2.39 bits per heavy atom. The van der Waals surface area contributed by atoms with Gasteiger partial charge in [0.25, 0.3) is 0 Å². The molecule has 4 heterocycles. The van der Waals surface area contributed by atoms with Crippen molar-refractivity contribution in [2.75, 3.05) is 0 Å². The summed E-state index contributed by atoms with van der Waals surface area (Å²) in [5.74, 6) is 3.55. The van der Waals surface area contributed by atoms with E-state index in [4.69, 9.17) is 14.7 Å². The Morgan fingerprint density at radius 2 is 1.56 bits per heavy atom. The third-order valence-corrected chi connectivity index (χ3v) is 7.22. The maximum absolute atomic E-state index is 6.14. The van der Waals surface area contributed by atoms with E-state index in [-0.39, 0.29) is 0 Å². The molecule has 0 saturated carbocycles. The third-order valence-electron chi connectivity index (χ3n) is 7.22. The third kappa shape index (κ3) is 3.07. The SMILES string of the molecule is CC(C)c1nc2c([nH]1)-c1ccc(-c3ccc4c(c3)c3ccncc3c3nc(C(C)C)[nH]c43)cc1OC2. The predicted octanol–water partition coefficient (Wildman–Crippen LogP) is 7.46. The Labute approximate surface area is 208 Å². The number of fused-ring (bicyclic) bond motifs is 9. The number of pyridine rings is 1. The summed E-state index contributed by atoms with van der Waals surface area (Å²) < 4.78 is 6.14. The highest BCUT2D eigenvalue weighted by Gasteiger charge is 2.23. The first-order valence-electron chi connectivity index (χ1n) is 12.5. The van der Waals surface area contributed by atoms with Crippen LogP contribution < -0.4 is 4.74 Å². The number of nitrogens with one attached hydrogen (secondary N) is 2. The smallest absolute Gasteiger partial charge is 0.132 e. The first kappa shape index (κ1) is 21.1. The van der Waals surface area contributed by atoms with Gasteiger partial charge in [0, 0.05) is 40.6 Å². The van der Waals surface area contributed by atoms with Gasteiger partial charge in [0.05, 0.1) is 16.7 Å². The van der Waals surface area contributed by atoms with E-state index in [1.165, 1.54) is 10.8 Å². The van der Waals surface area contributed by atoms with Gasteiger partial charge < -0.3 is 14.7 Å². The van der Waals surface area contributed by atoms with Gasteiger partial charge >= 0.3 is 0 Å². The average Bonchev–Trinajstić information content (AvgIpc) is 3.54. The number of aromatic nitrogens is 5. The van der Waals surface area contributed by atoms with E-state index >= 15 is 0 Å². The van der Waals surface area contributed by atoms with E-state index < -0.39 is 0 Å². The van der Waals surface area contributed by atoms with Crippen molar-refractivity contribution in [1.82, 2.24) is 24.9 Å². The van der Waals surface area contributed by atoms with Gasteiger partial charge in [-0.1, -0.05) is 45.9 Å². The van der Waals surface area contributed by atoms with Crippen molar-refractivity contribution in [2.24, 2.45) is 0 Å². The van der Waals surface area contributed by atoms with Crippen LogP contribution in [0.1, 0.15) is 56.9 Å². The molecule has 6 nitrogen and oxygen atoms in total. The fourth-order valence-electron chi connectivity index (χ4n) is 5.24. The molecule has 0 unspecified atom stereocenters. The molecule has 2 N–H and O–H groups in total. The molecular formula is C30H27N5O. The maximum Gasteiger partial charge on any atom is 0.132 e. The fraction of sp³-hybridized carbons (Fsp3) is 0.233. The minimum absolute atomic E-state index is 0.320. The lowest BCUT2D eigenvalue weighted by Crippen LogP contribution is -2.05. The van der Waals surface area contributed by atoms with Crippen molar-refractivity contribution in [3.8, 4) is 28.1 Å². The molecule has 6 aromatic rings. The molecule has 0 spiro atoms. The summed E-state index contributed by atoms with van der Waals surface area (Å²) in [6.45, 7) is 9.10. The lowest BCUT2D eigenvalue weighted by Gasteiger charge is -2.18. The van der Waals surface area contributed by atoms with Gasteiger partial charge in [-0.2, -0.15) is 0 Å². The molecule has 0 saturated heterocycles. The molecule has 3 aromatic heterocycles. The standard InChI is InChI=1S/C30H27N5O/c1-15(2)29-32-24-14-36-25-12-18(6-8-21(25)26(24)33-29)17-5-7-20-22(11-17)19-9-10-31-13-23(19)28-27(20)34-30(35-28)16(3)4/h5-13,15-16H,14H2,1-4H3,(H,32,33)(H,34,35). The van der Waals surface area contributed by atoms with Crippen molar-refractivity contribution in [1.29, 1.82) is 0 Å². The first-order chi connectivity index (χ1) is 17.5. The van der Waals surface area contributed by atoms with E-state index in [0.29, 0.717) is 18.4 Å². The van der Waals surface area contributed by atoms with Gasteiger partial charge in [0.2, 0.25) is 0 Å². The van der Waals surface area contributed by atoms with Gasteiger partial charge in [-0.05, 0) is 46.2 Å². The number of H-pyrrole nitrogens is 2. The van der Waals surface area contributed by atoms with Gasteiger partial charge in [-0.15, -0.1) is 0 Å². The molecule has 0 radical (unpaired) electrons. The molecule has 7 rings (SSSR count). The summed E-state index contributed by atoms with van der Waals surface area (Å²) in [7, 11) is 0. The van der Waals surface area contributed by atoms with Gasteiger partial charge in [0.15, 0.2) is 0 Å². The number of benzene rings is 3. The van der Waals surface area contributed by atoms with Crippen molar-refractivity contribution < 1.29 is 4.74 Å². The first-order valence-corrected chi connectivity index (χ1v) is 12.5. The zero-order valence-electron chi connectivity index (χ0n) is 20.8. The highest BCUT2D eigenvalue weighted by Crippen LogP contribution is 2.41. The number of hydrogen-bond donors (Lipinski definition) is 2. The molecular weight excluding hydrogens is 446 g/mol. The molecule has 178 valence electrons. The lowest BCUT2D eigenvalue weighted by atomic mass is 9.95. The summed E-state index contributed by atoms with van der Waals surface area (Å²) in [6.07, 6.45) is 3.78. The van der Waals surface area contributed by atoms with Crippen molar-refractivity contribution in [3.05, 3.63) is 72.2 Å². The van der Waals surface area contributed by atoms with Crippen LogP contribution in [-0.2, 0) is 6.61 Å². The van der Waals surface area contributed by atoms with Crippen LogP contribution >= 0.6 is 0 Å². The minimum Gasteiger partial charge on any atom is -0.486 e. The molecule has 1 aliphatic heterocycles. The highest BCUT2D eigenvalue weighted by atomic mass is 16.5. The summed E-state index contributed by atoms with van der Waals surface area (Å²) >= 11 is 0. The Bertz CT molecular complexity index is 1810. The number of imidazole rings is 2. The molecule has 1 aliphatic rings. The largest absolute Gasteiger partial charge is 0.486 e. The van der Waals surface area contributed by atoms with E-state index in [0.717, 1.165) is 67.3 Å². The predicted molar refractivity (Wildman–Crippen MR) is 144 cm³/mol. The topological polar surface area (TPSA) is 79.5 Å². The Hall–Kier alpha value is -4.19. The average molecular weight is 474 g/mol. The second-order valence-electron chi connectivity index (χ2n) is 10.3. The molecule has 0 bridgehead atoms. The minimum atomic E-state index is 0.320. The zero-order valence-corrected chi connectivity index (χ0v) is 20.8. The number of rotatable bonds is 3. The van der Waals surface area contributed by atoms with Crippen molar-refractivity contribution >= 4 is 32.6 Å². The molecule has 3 aromatic carbocycles. The van der Waals surface area contributed by atoms with Crippen LogP contribution in [0, 0.1) is 0 Å². The van der Waals surface area contributed by atoms with Crippen LogP contribution in [0.5, 0.6) is 5.75 Å². The molecule has 36 heavy (non-hydrogen) atoms. The van der Waals surface area contributed by atoms with Crippen LogP contribution in [0.2, 0.25) is 0 Å². The van der Waals surface area contributed by atoms with Crippen molar-refractivity contribution in [3.63, 3.8) is 0 Å². The molecule has 6 heteroatoms. The van der Waals surface area contributed by atoms with E-state index in [2.05, 4.69) is 85.1 Å². The normalized spacial score (nSPS) is 13.1. The van der Waals surface area contributed by atoms with E-state index in [9.17, 15) is 0 Å². The van der Waals surface area contributed by atoms with Crippen LogP contribution in [0.15, 0.2) is 54.9 Å². The summed E-state index contributed by atoms with van der Waals surface area (Å²) in [4.78, 5) is 21.2. The Morgan fingerprint density at radius 1 is 0.778 bits per heavy atom. The number of nitrogens with zero attached hydrogens (tertiary/aromatic N) is 3. The molecule has 0 atom stereocenters. The number of aromatic amines is 2. The second-order valence-corrected chi connectivity index (χ2v) is 10.3. The Balaban J connectivity index is 1.40. The quantitative estimate of drug-likeness (QED) is 0.261. The Kier molecular flexibility index (Phi) is 4.49. The van der Waals surface area contributed by atoms with Crippen LogP contribution in [0.25, 0.3) is 55.0 Å². The van der Waals surface area contributed by atoms with Gasteiger partial charge in [-0.3, -0.25) is 4.98 Å². The monoisotopic (exact) mass is 473 g/mol. The molecule has 0 fully saturated rings. The van der Waals surface area contributed by atoms with Crippen molar-refractivity contribution in [2.45, 2.75) is 46.1 Å². The fourth-order valence-corrected chi connectivity index (χ4v) is 5.24. The van der Waals surface area contributed by atoms with Crippen LogP contribution in [-0.4, -0.2) is 24.9 Å².